The van der Waals surface area contributed by atoms with E-state index in [0.29, 0.717) is 6.42 Å². The Morgan fingerprint density at radius 1 is 0.800 bits per heavy atom. The van der Waals surface area contributed by atoms with Gasteiger partial charge in [-0.05, 0) is 12.8 Å². The first-order chi connectivity index (χ1) is 12.2. The monoisotopic (exact) mass is 349 g/mol. The second-order valence-corrected chi connectivity index (χ2v) is 7.54. The van der Waals surface area contributed by atoms with Gasteiger partial charge >= 0.3 is 0 Å². The van der Waals surface area contributed by atoms with Crippen molar-refractivity contribution in [3.63, 3.8) is 0 Å². The van der Waals surface area contributed by atoms with Gasteiger partial charge in [-0.25, -0.2) is 0 Å². The highest BCUT2D eigenvalue weighted by molar-refractivity contribution is 6.04. The molecule has 2 amide bonds. The second-order valence-electron chi connectivity index (χ2n) is 7.54. The average Bonchev–Trinajstić information content (AvgIpc) is 2.92. The van der Waals surface area contributed by atoms with E-state index >= 15 is 0 Å². The van der Waals surface area contributed by atoms with Crippen LogP contribution in [0.4, 0.5) is 0 Å². The Morgan fingerprint density at radius 2 is 1.28 bits per heavy atom. The molecule has 1 fully saturated rings. The van der Waals surface area contributed by atoms with Crippen molar-refractivity contribution in [1.29, 1.82) is 0 Å². The molecule has 1 unspecified atom stereocenters. The zero-order valence-corrected chi connectivity index (χ0v) is 16.4. The lowest BCUT2D eigenvalue weighted by atomic mass is 10.0. The molecule has 3 nitrogen and oxygen atoms in total. The average molecular weight is 350 g/mol. The number of amides is 2. The molecule has 1 rings (SSSR count). The number of rotatable bonds is 16. The van der Waals surface area contributed by atoms with Crippen molar-refractivity contribution in [3.05, 3.63) is 12.2 Å². The molecule has 1 N–H and O–H groups in total. The first kappa shape index (κ1) is 21.9. The topological polar surface area (TPSA) is 46.2 Å². The zero-order valence-electron chi connectivity index (χ0n) is 16.4. The van der Waals surface area contributed by atoms with Crippen LogP contribution in [0.2, 0.25) is 0 Å². The number of nitrogens with one attached hydrogen (secondary N) is 1. The molecule has 1 aliphatic rings. The maximum absolute atomic E-state index is 11.4. The molecule has 0 aromatic carbocycles. The number of hydrogen-bond donors (Lipinski definition) is 1. The summed E-state index contributed by atoms with van der Waals surface area (Å²) in [4.78, 5) is 22.5. The van der Waals surface area contributed by atoms with Gasteiger partial charge < -0.3 is 0 Å². The van der Waals surface area contributed by atoms with Crippen molar-refractivity contribution in [2.45, 2.75) is 110 Å². The maximum Gasteiger partial charge on any atom is 0.233 e. The lowest BCUT2D eigenvalue weighted by Gasteiger charge is -2.03. The SMILES string of the molecule is CCCCCCCCCCCCCCCCC=CC1CC(=O)NC1=O. The van der Waals surface area contributed by atoms with Crippen LogP contribution < -0.4 is 5.32 Å². The van der Waals surface area contributed by atoms with Crippen LogP contribution in [0.15, 0.2) is 12.2 Å². The lowest BCUT2D eigenvalue weighted by Crippen LogP contribution is -2.21. The van der Waals surface area contributed by atoms with Gasteiger partial charge in [-0.1, -0.05) is 103 Å². The molecular weight excluding hydrogens is 310 g/mol. The number of imide groups is 1. The van der Waals surface area contributed by atoms with Gasteiger partial charge in [-0.3, -0.25) is 14.9 Å². The third kappa shape index (κ3) is 12.0. The summed E-state index contributed by atoms with van der Waals surface area (Å²) < 4.78 is 0. The normalized spacial score (nSPS) is 17.6. The smallest absolute Gasteiger partial charge is 0.233 e. The predicted molar refractivity (Wildman–Crippen MR) is 105 cm³/mol. The third-order valence-corrected chi connectivity index (χ3v) is 5.10. The van der Waals surface area contributed by atoms with E-state index in [9.17, 15) is 9.59 Å². The largest absolute Gasteiger partial charge is 0.296 e. The van der Waals surface area contributed by atoms with Crippen molar-refractivity contribution in [2.24, 2.45) is 5.92 Å². The molecule has 144 valence electrons. The zero-order chi connectivity index (χ0) is 18.2. The Balaban J connectivity index is 1.77. The summed E-state index contributed by atoms with van der Waals surface area (Å²) in [6.07, 6.45) is 24.6. The standard InChI is InChI=1S/C22H39NO2/c1-2-3-4-5-6-7-8-9-10-11-12-13-14-15-16-17-18-20-19-21(24)23-22(20)25/h17-18,20H,2-16,19H2,1H3,(H,23,24,25). The summed E-state index contributed by atoms with van der Waals surface area (Å²) in [5, 5.41) is 2.34. The summed E-state index contributed by atoms with van der Waals surface area (Å²) in [7, 11) is 0. The fourth-order valence-corrected chi connectivity index (χ4v) is 3.45. The van der Waals surface area contributed by atoms with Crippen molar-refractivity contribution in [1.82, 2.24) is 5.32 Å². The highest BCUT2D eigenvalue weighted by Gasteiger charge is 2.27. The maximum atomic E-state index is 11.4. The van der Waals surface area contributed by atoms with E-state index in [1.165, 1.54) is 89.9 Å². The minimum atomic E-state index is -0.223. The van der Waals surface area contributed by atoms with Crippen LogP contribution in [0.3, 0.4) is 0 Å². The summed E-state index contributed by atoms with van der Waals surface area (Å²) >= 11 is 0. The van der Waals surface area contributed by atoms with E-state index in [0.717, 1.165) is 6.42 Å². The fraction of sp³-hybridized carbons (Fsp3) is 0.818. The van der Waals surface area contributed by atoms with Crippen LogP contribution in [0.5, 0.6) is 0 Å². The van der Waals surface area contributed by atoms with Crippen LogP contribution >= 0.6 is 0 Å². The van der Waals surface area contributed by atoms with Gasteiger partial charge in [0, 0.05) is 6.42 Å². The van der Waals surface area contributed by atoms with Gasteiger partial charge in [0.15, 0.2) is 0 Å². The number of hydrogen-bond acceptors (Lipinski definition) is 2. The van der Waals surface area contributed by atoms with Gasteiger partial charge in [0.05, 0.1) is 5.92 Å². The molecule has 1 saturated heterocycles. The van der Waals surface area contributed by atoms with Crippen molar-refractivity contribution < 1.29 is 9.59 Å². The molecule has 0 spiro atoms. The van der Waals surface area contributed by atoms with Gasteiger partial charge in [-0.2, -0.15) is 0 Å². The van der Waals surface area contributed by atoms with Crippen LogP contribution in [0.1, 0.15) is 110 Å². The Morgan fingerprint density at radius 3 is 1.72 bits per heavy atom. The number of carbonyl (C=O) groups excluding carboxylic acids is 2. The van der Waals surface area contributed by atoms with E-state index in [-0.39, 0.29) is 17.7 Å². The molecule has 25 heavy (non-hydrogen) atoms. The number of unbranched alkanes of at least 4 members (excludes halogenated alkanes) is 14. The molecule has 0 saturated carbocycles. The molecule has 1 heterocycles. The lowest BCUT2D eigenvalue weighted by molar-refractivity contribution is -0.125. The molecule has 0 aromatic heterocycles. The highest BCUT2D eigenvalue weighted by atomic mass is 16.2. The van der Waals surface area contributed by atoms with Crippen LogP contribution in [0.25, 0.3) is 0 Å². The molecule has 0 radical (unpaired) electrons. The molecule has 1 atom stereocenters. The van der Waals surface area contributed by atoms with Crippen molar-refractivity contribution in [2.75, 3.05) is 0 Å². The molecule has 0 bridgehead atoms. The van der Waals surface area contributed by atoms with E-state index in [2.05, 4.69) is 18.3 Å². The molecule has 1 aliphatic heterocycles. The van der Waals surface area contributed by atoms with Crippen molar-refractivity contribution >= 4 is 11.8 Å². The van der Waals surface area contributed by atoms with Gasteiger partial charge in [-0.15, -0.1) is 0 Å². The van der Waals surface area contributed by atoms with Crippen LogP contribution in [-0.4, -0.2) is 11.8 Å². The molecule has 0 aromatic rings. The number of carbonyl (C=O) groups is 2. The third-order valence-electron chi connectivity index (χ3n) is 5.10. The van der Waals surface area contributed by atoms with Gasteiger partial charge in [0.25, 0.3) is 0 Å². The molecule has 3 heteroatoms. The minimum absolute atomic E-state index is 0.137. The quantitative estimate of drug-likeness (QED) is 0.209. The summed E-state index contributed by atoms with van der Waals surface area (Å²) in [5.41, 5.74) is 0. The number of allylic oxidation sites excluding steroid dienone is 1. The van der Waals surface area contributed by atoms with Crippen molar-refractivity contribution in [3.8, 4) is 0 Å². The first-order valence-electron chi connectivity index (χ1n) is 10.7. The summed E-state index contributed by atoms with van der Waals surface area (Å²) in [6, 6.07) is 0. The van der Waals surface area contributed by atoms with Crippen LogP contribution in [0, 0.1) is 5.92 Å². The Bertz CT molecular complexity index is 389. The van der Waals surface area contributed by atoms with E-state index in [1.807, 2.05) is 6.08 Å². The van der Waals surface area contributed by atoms with E-state index in [1.54, 1.807) is 0 Å². The molecular formula is C22H39NO2. The predicted octanol–water partition coefficient (Wildman–Crippen LogP) is 6.08. The van der Waals surface area contributed by atoms with Gasteiger partial charge in [0.2, 0.25) is 11.8 Å². The highest BCUT2D eigenvalue weighted by Crippen LogP contribution is 2.15. The Kier molecular flexibility index (Phi) is 13.3. The Labute approximate surface area is 155 Å². The fourth-order valence-electron chi connectivity index (χ4n) is 3.45. The minimum Gasteiger partial charge on any atom is -0.296 e. The van der Waals surface area contributed by atoms with E-state index < -0.39 is 0 Å². The molecule has 0 aliphatic carbocycles. The first-order valence-corrected chi connectivity index (χ1v) is 10.7. The van der Waals surface area contributed by atoms with Crippen LogP contribution in [-0.2, 0) is 9.59 Å². The van der Waals surface area contributed by atoms with E-state index in [4.69, 9.17) is 0 Å². The Hall–Kier alpha value is -1.12. The summed E-state index contributed by atoms with van der Waals surface area (Å²) in [6.45, 7) is 2.27. The second kappa shape index (κ2) is 15.2. The summed E-state index contributed by atoms with van der Waals surface area (Å²) in [5.74, 6) is -0.502. The van der Waals surface area contributed by atoms with Gasteiger partial charge in [0.1, 0.15) is 0 Å².